The van der Waals surface area contributed by atoms with Crippen LogP contribution in [0.15, 0.2) is 42.5 Å². The molecule has 3 rings (SSSR count). The number of amides is 2. The van der Waals surface area contributed by atoms with Gasteiger partial charge in [-0.15, -0.1) is 0 Å². The quantitative estimate of drug-likeness (QED) is 0.557. The Bertz CT molecular complexity index is 996. The van der Waals surface area contributed by atoms with Crippen LogP contribution in [-0.4, -0.2) is 23.3 Å². The fraction of sp³-hybridized carbons (Fsp3) is 0.391. The van der Waals surface area contributed by atoms with Gasteiger partial charge in [-0.05, 0) is 47.4 Å². The van der Waals surface area contributed by atoms with Gasteiger partial charge in [-0.1, -0.05) is 26.0 Å². The van der Waals surface area contributed by atoms with E-state index < -0.39 is 47.8 Å². The third kappa shape index (κ3) is 6.06. The van der Waals surface area contributed by atoms with E-state index in [-0.39, 0.29) is 24.6 Å². The summed E-state index contributed by atoms with van der Waals surface area (Å²) in [7, 11) is 0. The van der Waals surface area contributed by atoms with Crippen molar-refractivity contribution in [3.8, 4) is 0 Å². The molecule has 0 saturated carbocycles. The van der Waals surface area contributed by atoms with Crippen molar-refractivity contribution in [2.45, 2.75) is 45.1 Å². The van der Waals surface area contributed by atoms with Crippen LogP contribution in [0.3, 0.4) is 0 Å². The van der Waals surface area contributed by atoms with E-state index in [4.69, 9.17) is 0 Å². The first-order chi connectivity index (χ1) is 15.2. The molecule has 0 aromatic heterocycles. The molecule has 1 fully saturated rings. The van der Waals surface area contributed by atoms with Crippen molar-refractivity contribution in [1.82, 2.24) is 4.90 Å². The number of carbonyl (C=O) groups is 2. The highest BCUT2D eigenvalue weighted by atomic mass is 19.4. The molecule has 4 nitrogen and oxygen atoms in total. The predicted octanol–water partition coefficient (Wildman–Crippen LogP) is 5.83. The minimum absolute atomic E-state index is 0.0378. The molecule has 10 heteroatoms. The van der Waals surface area contributed by atoms with Gasteiger partial charge in [-0.3, -0.25) is 9.59 Å². The second kappa shape index (κ2) is 9.07. The zero-order valence-corrected chi connectivity index (χ0v) is 17.8. The first-order valence-electron chi connectivity index (χ1n) is 10.2. The average molecular weight is 472 g/mol. The first-order valence-corrected chi connectivity index (χ1v) is 10.2. The van der Waals surface area contributed by atoms with E-state index in [1.54, 1.807) is 12.1 Å². The lowest BCUT2D eigenvalue weighted by Crippen LogP contribution is -2.28. The minimum atomic E-state index is -4.97. The highest BCUT2D eigenvalue weighted by Gasteiger charge is 2.38. The summed E-state index contributed by atoms with van der Waals surface area (Å²) >= 11 is 0. The summed E-state index contributed by atoms with van der Waals surface area (Å²) < 4.78 is 78.4. The van der Waals surface area contributed by atoms with E-state index in [0.717, 1.165) is 10.5 Å². The first kappa shape index (κ1) is 24.6. The number of nitrogens with one attached hydrogen (secondary N) is 1. The van der Waals surface area contributed by atoms with Gasteiger partial charge < -0.3 is 10.2 Å². The predicted molar refractivity (Wildman–Crippen MR) is 109 cm³/mol. The van der Waals surface area contributed by atoms with E-state index in [1.165, 1.54) is 0 Å². The molecule has 0 radical (unpaired) electrons. The maximum absolute atomic E-state index is 13.1. The van der Waals surface area contributed by atoms with E-state index >= 15 is 0 Å². The van der Waals surface area contributed by atoms with Gasteiger partial charge in [-0.2, -0.15) is 26.3 Å². The minimum Gasteiger partial charge on any atom is -0.338 e. The molecule has 2 aromatic carbocycles. The van der Waals surface area contributed by atoms with Crippen LogP contribution >= 0.6 is 0 Å². The fourth-order valence-corrected chi connectivity index (χ4v) is 3.63. The molecule has 0 aliphatic carbocycles. The Labute approximate surface area is 186 Å². The molecule has 178 valence electrons. The smallest absolute Gasteiger partial charge is 0.338 e. The molecule has 0 unspecified atom stereocenters. The van der Waals surface area contributed by atoms with Crippen molar-refractivity contribution < 1.29 is 35.9 Å². The van der Waals surface area contributed by atoms with Crippen molar-refractivity contribution in [2.24, 2.45) is 5.92 Å². The van der Waals surface area contributed by atoms with Crippen LogP contribution in [0.2, 0.25) is 0 Å². The van der Waals surface area contributed by atoms with Crippen molar-refractivity contribution in [1.29, 1.82) is 0 Å². The second-order valence-corrected chi connectivity index (χ2v) is 8.36. The van der Waals surface area contributed by atoms with Crippen LogP contribution < -0.4 is 5.32 Å². The topological polar surface area (TPSA) is 49.4 Å². The molecular weight excluding hydrogens is 450 g/mol. The molecule has 1 heterocycles. The summed E-state index contributed by atoms with van der Waals surface area (Å²) in [5, 5.41) is 2.70. The number of nitrogens with zero attached hydrogens (tertiary/aromatic N) is 1. The Morgan fingerprint density at radius 2 is 1.55 bits per heavy atom. The summed E-state index contributed by atoms with van der Waals surface area (Å²) in [5.41, 5.74) is -1.59. The van der Waals surface area contributed by atoms with Crippen LogP contribution in [0, 0.1) is 5.92 Å². The zero-order valence-electron chi connectivity index (χ0n) is 17.8. The maximum atomic E-state index is 13.1. The van der Waals surface area contributed by atoms with Gasteiger partial charge in [0.1, 0.15) is 0 Å². The lowest BCUT2D eigenvalue weighted by Gasteiger charge is -2.19. The zero-order chi connectivity index (χ0) is 24.6. The molecule has 1 aliphatic heterocycles. The summed E-state index contributed by atoms with van der Waals surface area (Å²) in [5.74, 6) is -1.42. The molecule has 1 saturated heterocycles. The number of likely N-dealkylation sites (tertiary alicyclic amines) is 1. The summed E-state index contributed by atoms with van der Waals surface area (Å²) in [6.07, 6.45) is -10.1. The van der Waals surface area contributed by atoms with Gasteiger partial charge >= 0.3 is 12.4 Å². The lowest BCUT2D eigenvalue weighted by atomic mass is 10.0. The van der Waals surface area contributed by atoms with E-state index in [1.807, 2.05) is 26.0 Å². The number of hydrogen-bond acceptors (Lipinski definition) is 2. The van der Waals surface area contributed by atoms with Crippen molar-refractivity contribution in [3.63, 3.8) is 0 Å². The number of rotatable bonds is 5. The second-order valence-electron chi connectivity index (χ2n) is 8.36. The highest BCUT2D eigenvalue weighted by molar-refractivity contribution is 5.97. The van der Waals surface area contributed by atoms with E-state index in [9.17, 15) is 35.9 Å². The van der Waals surface area contributed by atoms with E-state index in [0.29, 0.717) is 23.7 Å². The van der Waals surface area contributed by atoms with Crippen molar-refractivity contribution in [2.75, 3.05) is 11.9 Å². The average Bonchev–Trinajstić information content (AvgIpc) is 3.07. The van der Waals surface area contributed by atoms with Gasteiger partial charge in [-0.25, -0.2) is 0 Å². The molecule has 1 N–H and O–H groups in total. The maximum Gasteiger partial charge on any atom is 0.416 e. The third-order valence-electron chi connectivity index (χ3n) is 5.45. The van der Waals surface area contributed by atoms with Crippen LogP contribution in [0.1, 0.15) is 48.4 Å². The van der Waals surface area contributed by atoms with Crippen LogP contribution in [-0.2, 0) is 28.5 Å². The van der Waals surface area contributed by atoms with Crippen molar-refractivity contribution in [3.05, 3.63) is 64.7 Å². The Morgan fingerprint density at radius 3 is 2.03 bits per heavy atom. The van der Waals surface area contributed by atoms with Crippen LogP contribution in [0.25, 0.3) is 0 Å². The fourth-order valence-electron chi connectivity index (χ4n) is 3.63. The number of carbonyl (C=O) groups excluding carboxylic acids is 2. The Kier molecular flexibility index (Phi) is 6.76. The van der Waals surface area contributed by atoms with Gasteiger partial charge in [0.15, 0.2) is 0 Å². The Morgan fingerprint density at radius 1 is 1.00 bits per heavy atom. The molecule has 1 aliphatic rings. The highest BCUT2D eigenvalue weighted by Crippen LogP contribution is 2.37. The monoisotopic (exact) mass is 472 g/mol. The SMILES string of the molecule is CC(C)c1ccc(NC(=O)[C@@H]2CC(=O)N(Cc3cc(C(F)(F)F)cc(C(F)(F)F)c3)C2)cc1. The molecule has 2 amide bonds. The van der Waals surface area contributed by atoms with Crippen LogP contribution in [0.5, 0.6) is 0 Å². The standard InChI is InChI=1S/C23H22F6N2O2/c1-13(2)15-3-5-19(6-4-15)30-21(33)16-9-20(32)31(12-16)11-14-7-17(22(24,25)26)10-18(8-14)23(27,28)29/h3-8,10,13,16H,9,11-12H2,1-2H3,(H,30,33)/t16-/m1/s1. The summed E-state index contributed by atoms with van der Waals surface area (Å²) in [4.78, 5) is 26.0. The number of hydrogen-bond donors (Lipinski definition) is 1. The molecular formula is C23H22F6N2O2. The normalized spacial score (nSPS) is 17.1. The number of benzene rings is 2. The molecule has 0 bridgehead atoms. The molecule has 0 spiro atoms. The summed E-state index contributed by atoms with van der Waals surface area (Å²) in [6, 6.07) is 8.39. The van der Waals surface area contributed by atoms with Gasteiger partial charge in [0.05, 0.1) is 17.0 Å². The van der Waals surface area contributed by atoms with Crippen molar-refractivity contribution >= 4 is 17.5 Å². The Balaban J connectivity index is 1.72. The number of alkyl halides is 6. The third-order valence-corrected chi connectivity index (χ3v) is 5.45. The van der Waals surface area contributed by atoms with Gasteiger partial charge in [0, 0.05) is 25.2 Å². The molecule has 33 heavy (non-hydrogen) atoms. The molecule has 2 aromatic rings. The number of anilines is 1. The van der Waals surface area contributed by atoms with E-state index in [2.05, 4.69) is 5.32 Å². The number of halogens is 6. The van der Waals surface area contributed by atoms with Gasteiger partial charge in [0.25, 0.3) is 0 Å². The Hall–Kier alpha value is -3.04. The van der Waals surface area contributed by atoms with Crippen LogP contribution in [0.4, 0.5) is 32.0 Å². The lowest BCUT2D eigenvalue weighted by molar-refractivity contribution is -0.143. The molecule has 1 atom stereocenters. The van der Waals surface area contributed by atoms with Gasteiger partial charge in [0.2, 0.25) is 11.8 Å². The largest absolute Gasteiger partial charge is 0.416 e. The summed E-state index contributed by atoms with van der Waals surface area (Å²) in [6.45, 7) is 3.48.